The van der Waals surface area contributed by atoms with Gasteiger partial charge in [0.2, 0.25) is 0 Å². The van der Waals surface area contributed by atoms with Gasteiger partial charge in [0, 0.05) is 23.9 Å². The molecular weight excluding hydrogens is 502 g/mol. The molecule has 1 saturated carbocycles. The van der Waals surface area contributed by atoms with E-state index in [4.69, 9.17) is 0 Å². The Kier molecular flexibility index (Phi) is 7.33. The maximum absolute atomic E-state index is 14.6. The van der Waals surface area contributed by atoms with Crippen molar-refractivity contribution in [3.63, 3.8) is 0 Å². The van der Waals surface area contributed by atoms with Gasteiger partial charge in [-0.15, -0.1) is 0 Å². The molecule has 0 bridgehead atoms. The van der Waals surface area contributed by atoms with Crippen LogP contribution < -0.4 is 16.2 Å². The Morgan fingerprint density at radius 2 is 1.76 bits per heavy atom. The molecule has 12 heteroatoms. The third kappa shape index (κ3) is 5.34. The lowest BCUT2D eigenvalue weighted by Crippen LogP contribution is -2.43. The number of amides is 1. The van der Waals surface area contributed by atoms with Crippen molar-refractivity contribution in [2.75, 3.05) is 25.5 Å². The maximum atomic E-state index is 14.6. The molecule has 1 aliphatic heterocycles. The second-order valence-electron chi connectivity index (χ2n) is 9.81. The number of nitrogens with zero attached hydrogens (tertiary/aromatic N) is 2. The number of nitrogens with one attached hydrogen (secondary N) is 2. The van der Waals surface area contributed by atoms with Crippen LogP contribution in [0.4, 0.5) is 32.0 Å². The van der Waals surface area contributed by atoms with E-state index in [-0.39, 0.29) is 35.7 Å². The van der Waals surface area contributed by atoms with E-state index < -0.39 is 47.0 Å². The molecule has 0 radical (unpaired) electrons. The number of alkyl halides is 5. The van der Waals surface area contributed by atoms with Crippen molar-refractivity contribution in [3.05, 3.63) is 63.3 Å². The van der Waals surface area contributed by atoms with Crippen LogP contribution in [0.2, 0.25) is 0 Å². The molecule has 0 unspecified atom stereocenters. The summed E-state index contributed by atoms with van der Waals surface area (Å²) in [5.74, 6) is -2.04. The fraction of sp³-hybridized carbons (Fsp3) is 0.520. The van der Waals surface area contributed by atoms with Gasteiger partial charge in [-0.3, -0.25) is 14.2 Å². The van der Waals surface area contributed by atoms with E-state index in [0.29, 0.717) is 17.4 Å². The zero-order valence-corrected chi connectivity index (χ0v) is 20.3. The molecule has 2 aliphatic rings. The van der Waals surface area contributed by atoms with Gasteiger partial charge in [0.25, 0.3) is 17.9 Å². The first kappa shape index (κ1) is 27.0. The van der Waals surface area contributed by atoms with Crippen LogP contribution in [0.15, 0.2) is 35.3 Å². The lowest BCUT2D eigenvalue weighted by molar-refractivity contribution is -0.180. The molecule has 1 aromatic carbocycles. The van der Waals surface area contributed by atoms with Crippen LogP contribution in [0.5, 0.6) is 0 Å². The van der Waals surface area contributed by atoms with Crippen molar-refractivity contribution in [3.8, 4) is 0 Å². The van der Waals surface area contributed by atoms with E-state index in [0.717, 1.165) is 31.4 Å². The Morgan fingerprint density at radius 1 is 1.14 bits per heavy atom. The highest BCUT2D eigenvalue weighted by atomic mass is 19.4. The van der Waals surface area contributed by atoms with Crippen LogP contribution in [0.3, 0.4) is 0 Å². The van der Waals surface area contributed by atoms with Gasteiger partial charge in [-0.25, -0.2) is 13.2 Å². The molecular formula is C25H28F6N4O2. The molecule has 4 rings (SSSR count). The van der Waals surface area contributed by atoms with Gasteiger partial charge in [0.15, 0.2) is 0 Å². The first-order valence-corrected chi connectivity index (χ1v) is 12.0. The normalized spacial score (nSPS) is 19.1. The maximum Gasteiger partial charge on any atom is 0.412 e. The topological polar surface area (TPSA) is 66.4 Å². The molecule has 1 atom stereocenters. The highest BCUT2D eigenvalue weighted by Crippen LogP contribution is 2.54. The van der Waals surface area contributed by atoms with Gasteiger partial charge in [-0.1, -0.05) is 18.2 Å². The minimum absolute atomic E-state index is 0.0697. The van der Waals surface area contributed by atoms with E-state index in [1.54, 1.807) is 0 Å². The molecule has 0 spiro atoms. The second-order valence-corrected chi connectivity index (χ2v) is 9.81. The van der Waals surface area contributed by atoms with E-state index in [2.05, 4.69) is 15.5 Å². The lowest BCUT2D eigenvalue weighted by atomic mass is 10.0. The van der Waals surface area contributed by atoms with E-state index >= 15 is 0 Å². The van der Waals surface area contributed by atoms with Crippen molar-refractivity contribution >= 4 is 11.6 Å². The average Bonchev–Trinajstić information content (AvgIpc) is 3.62. The van der Waals surface area contributed by atoms with E-state index in [9.17, 15) is 35.9 Å². The SMILES string of the molecule is C[C@@H](NC(=O)c1cn(C2(C(F)(F)F)CC2)c(=O)cc1NC1CCN(C)CC1)c1cccc(C(F)F)c1F. The summed E-state index contributed by atoms with van der Waals surface area (Å²) in [6, 6.07) is 3.20. The van der Waals surface area contributed by atoms with Gasteiger partial charge >= 0.3 is 6.18 Å². The number of carbonyl (C=O) groups excluding carboxylic acids is 1. The number of rotatable bonds is 7. The van der Waals surface area contributed by atoms with Crippen LogP contribution >= 0.6 is 0 Å². The van der Waals surface area contributed by atoms with E-state index in [1.165, 1.54) is 19.1 Å². The number of aromatic nitrogens is 1. The molecule has 6 nitrogen and oxygen atoms in total. The number of pyridine rings is 1. The summed E-state index contributed by atoms with van der Waals surface area (Å²) in [6.45, 7) is 2.89. The van der Waals surface area contributed by atoms with Gasteiger partial charge in [-0.2, -0.15) is 13.2 Å². The minimum atomic E-state index is -4.69. The fourth-order valence-electron chi connectivity index (χ4n) is 4.74. The van der Waals surface area contributed by atoms with Crippen molar-refractivity contribution in [2.45, 2.75) is 62.8 Å². The predicted molar refractivity (Wildman–Crippen MR) is 125 cm³/mol. The summed E-state index contributed by atoms with van der Waals surface area (Å²) in [7, 11) is 1.95. The van der Waals surface area contributed by atoms with Crippen molar-refractivity contribution < 1.29 is 31.1 Å². The van der Waals surface area contributed by atoms with Crippen LogP contribution in [0, 0.1) is 5.82 Å². The lowest BCUT2D eigenvalue weighted by Gasteiger charge is -2.31. The van der Waals surface area contributed by atoms with Gasteiger partial charge < -0.3 is 15.5 Å². The van der Waals surface area contributed by atoms with Crippen molar-refractivity contribution in [1.82, 2.24) is 14.8 Å². The Balaban J connectivity index is 1.69. The Morgan fingerprint density at radius 3 is 2.32 bits per heavy atom. The minimum Gasteiger partial charge on any atom is -0.381 e. The molecule has 1 aliphatic carbocycles. The zero-order chi connectivity index (χ0) is 27.1. The van der Waals surface area contributed by atoms with Gasteiger partial charge in [-0.05, 0) is 52.7 Å². The highest BCUT2D eigenvalue weighted by Gasteiger charge is 2.65. The quantitative estimate of drug-likeness (QED) is 0.496. The molecule has 2 fully saturated rings. The molecule has 2 heterocycles. The van der Waals surface area contributed by atoms with Crippen LogP contribution in [0.1, 0.15) is 66.6 Å². The smallest absolute Gasteiger partial charge is 0.381 e. The molecule has 2 N–H and O–H groups in total. The summed E-state index contributed by atoms with van der Waals surface area (Å²) < 4.78 is 82.9. The largest absolute Gasteiger partial charge is 0.412 e. The molecule has 1 amide bonds. The monoisotopic (exact) mass is 530 g/mol. The van der Waals surface area contributed by atoms with Gasteiger partial charge in [0.1, 0.15) is 11.4 Å². The molecule has 1 saturated heterocycles. The van der Waals surface area contributed by atoms with Crippen LogP contribution in [-0.2, 0) is 5.54 Å². The standard InChI is InChI=1S/C25H28F6N4O2/c1-14(16-4-3-5-17(21(16)26)22(27)28)32-23(37)18-13-35(24(8-9-24)25(29,30)31)20(36)12-19(18)33-15-6-10-34(2)11-7-15/h3-5,12-15,22,33H,6-11H2,1-2H3,(H,32,37)/t14-/m1/s1. The number of hydrogen-bond donors (Lipinski definition) is 2. The average molecular weight is 531 g/mol. The molecule has 202 valence electrons. The number of hydrogen-bond acceptors (Lipinski definition) is 4. The molecule has 37 heavy (non-hydrogen) atoms. The number of carbonyl (C=O) groups is 1. The summed E-state index contributed by atoms with van der Waals surface area (Å²) in [4.78, 5) is 28.2. The molecule has 1 aromatic heterocycles. The fourth-order valence-corrected chi connectivity index (χ4v) is 4.74. The van der Waals surface area contributed by atoms with Gasteiger partial charge in [0.05, 0.1) is 22.9 Å². The first-order chi connectivity index (χ1) is 17.3. The number of benzene rings is 1. The third-order valence-corrected chi connectivity index (χ3v) is 7.20. The van der Waals surface area contributed by atoms with Crippen molar-refractivity contribution in [2.24, 2.45) is 0 Å². The summed E-state index contributed by atoms with van der Waals surface area (Å²) in [5, 5.41) is 5.62. The Labute approximate surface area is 209 Å². The van der Waals surface area contributed by atoms with Crippen LogP contribution in [-0.4, -0.2) is 47.7 Å². The summed E-state index contributed by atoms with van der Waals surface area (Å²) >= 11 is 0. The molecule has 2 aromatic rings. The van der Waals surface area contributed by atoms with Crippen LogP contribution in [0.25, 0.3) is 0 Å². The Bertz CT molecular complexity index is 1220. The second kappa shape index (κ2) is 10.0. The summed E-state index contributed by atoms with van der Waals surface area (Å²) in [5.41, 5.74) is -4.44. The zero-order valence-electron chi connectivity index (χ0n) is 20.3. The predicted octanol–water partition coefficient (Wildman–Crippen LogP) is 4.97. The van der Waals surface area contributed by atoms with Crippen molar-refractivity contribution in [1.29, 1.82) is 0 Å². The first-order valence-electron chi connectivity index (χ1n) is 12.0. The van der Waals surface area contributed by atoms with E-state index in [1.807, 2.05) is 7.05 Å². The Hall–Kier alpha value is -3.02. The highest BCUT2D eigenvalue weighted by molar-refractivity contribution is 5.99. The number of piperidine rings is 1. The number of halogens is 6. The number of anilines is 1. The third-order valence-electron chi connectivity index (χ3n) is 7.20. The number of likely N-dealkylation sites (tertiary alicyclic amines) is 1. The summed E-state index contributed by atoms with van der Waals surface area (Å²) in [6.07, 6.45) is -6.06.